The van der Waals surface area contributed by atoms with Crippen LogP contribution >= 0.6 is 0 Å². The molecule has 5 amide bonds. The normalized spacial score (nSPS) is 13.2. The smallest absolute Gasteiger partial charge is 0.322 e. The van der Waals surface area contributed by atoms with Gasteiger partial charge < -0.3 is 59.7 Å². The van der Waals surface area contributed by atoms with Gasteiger partial charge in [0.25, 0.3) is 0 Å². The first kappa shape index (κ1) is 39.2. The zero-order chi connectivity index (χ0) is 34.5. The van der Waals surface area contributed by atoms with Gasteiger partial charge in [0.05, 0.1) is 19.2 Å². The number of carboxylic acids is 1. The highest BCUT2D eigenvalue weighted by atomic mass is 16.4. The van der Waals surface area contributed by atoms with Crippen molar-refractivity contribution < 1.29 is 39.0 Å². The fourth-order valence-electron chi connectivity index (χ4n) is 4.04. The number of guanidine groups is 1. The topological polar surface area (TPSA) is 319 Å². The lowest BCUT2D eigenvalue weighted by atomic mass is 10.0. The molecular formula is C28H46N10O8. The Morgan fingerprint density at radius 1 is 0.761 bits per heavy atom. The van der Waals surface area contributed by atoms with E-state index in [0.717, 1.165) is 5.56 Å². The summed E-state index contributed by atoms with van der Waals surface area (Å²) in [6, 6.07) is 4.12. The number of aliphatic hydroxyl groups excluding tert-OH is 1. The van der Waals surface area contributed by atoms with Crippen molar-refractivity contribution in [1.82, 2.24) is 26.6 Å². The SMILES string of the molecule is NCCCC[C@H](NC(=O)[C@H](CO)NC(=O)[C@@H](N)Cc1ccccc1)C(=O)N[C@@H](CCCN=C(N)N)C(=O)NCC(=O)NCC(=O)O. The molecule has 0 aliphatic heterocycles. The van der Waals surface area contributed by atoms with E-state index in [-0.39, 0.29) is 38.2 Å². The van der Waals surface area contributed by atoms with E-state index in [0.29, 0.717) is 19.4 Å². The minimum atomic E-state index is -1.43. The van der Waals surface area contributed by atoms with Crippen LogP contribution in [0.3, 0.4) is 0 Å². The van der Waals surface area contributed by atoms with Crippen molar-refractivity contribution in [3.63, 3.8) is 0 Å². The van der Waals surface area contributed by atoms with Crippen LogP contribution in [0.4, 0.5) is 0 Å². The molecule has 0 saturated carbocycles. The lowest BCUT2D eigenvalue weighted by molar-refractivity contribution is -0.138. The molecule has 0 aliphatic rings. The van der Waals surface area contributed by atoms with Gasteiger partial charge in [-0.3, -0.25) is 33.8 Å². The molecule has 0 saturated heterocycles. The van der Waals surface area contributed by atoms with Crippen molar-refractivity contribution in [3.05, 3.63) is 35.9 Å². The number of unbranched alkanes of at least 4 members (excludes halogenated alkanes) is 1. The molecule has 15 N–H and O–H groups in total. The molecule has 46 heavy (non-hydrogen) atoms. The molecule has 0 aromatic heterocycles. The highest BCUT2D eigenvalue weighted by Crippen LogP contribution is 2.06. The largest absolute Gasteiger partial charge is 0.480 e. The minimum Gasteiger partial charge on any atom is -0.480 e. The van der Waals surface area contributed by atoms with Gasteiger partial charge in [0.1, 0.15) is 24.7 Å². The number of nitrogens with one attached hydrogen (secondary N) is 5. The van der Waals surface area contributed by atoms with E-state index < -0.39 is 79.4 Å². The van der Waals surface area contributed by atoms with Crippen molar-refractivity contribution in [3.8, 4) is 0 Å². The van der Waals surface area contributed by atoms with Crippen LogP contribution in [0, 0.1) is 0 Å². The number of carboxylic acid groups (broad SMARTS) is 1. The summed E-state index contributed by atoms with van der Waals surface area (Å²) < 4.78 is 0. The van der Waals surface area contributed by atoms with Gasteiger partial charge >= 0.3 is 5.97 Å². The summed E-state index contributed by atoms with van der Waals surface area (Å²) in [5.41, 5.74) is 23.0. The molecule has 4 atom stereocenters. The number of carbonyl (C=O) groups is 6. The third kappa shape index (κ3) is 16.3. The standard InChI is InChI=1S/C28H46N10O8/c29-11-5-4-9-20(37-27(46)21(16-39)38-24(43)18(30)13-17-7-2-1-3-8-17)26(45)36-19(10-6-12-33-28(31)32)25(44)35-14-22(40)34-15-23(41)42/h1-3,7-8,18-21,39H,4-6,9-16,29-30H2,(H,34,40)(H,35,44)(H,36,45)(H,37,46)(H,38,43)(H,41,42)(H4,31,32,33)/t18-,19-,20-,21-/m0/s1. The fraction of sp³-hybridized carbons (Fsp3) is 0.536. The molecule has 0 fully saturated rings. The van der Waals surface area contributed by atoms with E-state index in [1.807, 2.05) is 6.07 Å². The van der Waals surface area contributed by atoms with Crippen LogP contribution in [0.5, 0.6) is 0 Å². The van der Waals surface area contributed by atoms with Crippen LogP contribution in [-0.2, 0) is 35.2 Å². The van der Waals surface area contributed by atoms with Crippen LogP contribution in [0.25, 0.3) is 0 Å². The Morgan fingerprint density at radius 3 is 1.93 bits per heavy atom. The van der Waals surface area contributed by atoms with Gasteiger partial charge in [-0.25, -0.2) is 0 Å². The van der Waals surface area contributed by atoms with E-state index in [9.17, 15) is 33.9 Å². The van der Waals surface area contributed by atoms with E-state index in [1.165, 1.54) is 0 Å². The Labute approximate surface area is 266 Å². The Hall–Kier alpha value is -4.81. The molecule has 0 spiro atoms. The second-order valence-corrected chi connectivity index (χ2v) is 10.3. The van der Waals surface area contributed by atoms with E-state index >= 15 is 0 Å². The number of aliphatic imine (C=N–C) groups is 1. The van der Waals surface area contributed by atoms with Crippen LogP contribution in [0.1, 0.15) is 37.7 Å². The molecule has 18 nitrogen and oxygen atoms in total. The molecule has 0 radical (unpaired) electrons. The van der Waals surface area contributed by atoms with Gasteiger partial charge in [0.15, 0.2) is 5.96 Å². The van der Waals surface area contributed by atoms with Crippen molar-refractivity contribution in [1.29, 1.82) is 0 Å². The summed E-state index contributed by atoms with van der Waals surface area (Å²) >= 11 is 0. The van der Waals surface area contributed by atoms with Crippen molar-refractivity contribution in [2.24, 2.45) is 27.9 Å². The van der Waals surface area contributed by atoms with Gasteiger partial charge in [-0.1, -0.05) is 30.3 Å². The van der Waals surface area contributed by atoms with E-state index in [1.54, 1.807) is 24.3 Å². The Bertz CT molecular complexity index is 1180. The molecule has 1 aromatic carbocycles. The zero-order valence-electron chi connectivity index (χ0n) is 25.6. The van der Waals surface area contributed by atoms with Crippen LogP contribution in [-0.4, -0.2) is 109 Å². The second-order valence-electron chi connectivity index (χ2n) is 10.3. The maximum absolute atomic E-state index is 13.4. The van der Waals surface area contributed by atoms with Gasteiger partial charge in [-0.05, 0) is 50.6 Å². The lowest BCUT2D eigenvalue weighted by Gasteiger charge is -2.25. The highest BCUT2D eigenvalue weighted by molar-refractivity contribution is 5.95. The number of benzene rings is 1. The maximum Gasteiger partial charge on any atom is 0.322 e. The Morgan fingerprint density at radius 2 is 1.35 bits per heavy atom. The second kappa shape index (κ2) is 21.8. The number of aliphatic carboxylic acids is 1. The highest BCUT2D eigenvalue weighted by Gasteiger charge is 2.30. The van der Waals surface area contributed by atoms with Gasteiger partial charge in [0, 0.05) is 6.54 Å². The number of aliphatic hydroxyl groups is 1. The first-order chi connectivity index (χ1) is 21.9. The minimum absolute atomic E-state index is 0.0309. The average Bonchev–Trinajstić information content (AvgIpc) is 3.02. The average molecular weight is 651 g/mol. The number of rotatable bonds is 22. The van der Waals surface area contributed by atoms with Crippen molar-refractivity contribution in [2.45, 2.75) is 62.7 Å². The molecule has 0 heterocycles. The number of nitrogens with two attached hydrogens (primary N) is 4. The number of hydrogen-bond acceptors (Lipinski definition) is 10. The summed E-state index contributed by atoms with van der Waals surface area (Å²) in [4.78, 5) is 78.4. The first-order valence-electron chi connectivity index (χ1n) is 14.7. The molecule has 0 aliphatic carbocycles. The van der Waals surface area contributed by atoms with Crippen molar-refractivity contribution in [2.75, 3.05) is 32.8 Å². The third-order valence-electron chi connectivity index (χ3n) is 6.47. The van der Waals surface area contributed by atoms with Crippen molar-refractivity contribution >= 4 is 41.5 Å². The van der Waals surface area contributed by atoms with Gasteiger partial charge in [-0.15, -0.1) is 0 Å². The quantitative estimate of drug-likeness (QED) is 0.0321. The van der Waals surface area contributed by atoms with E-state index in [2.05, 4.69) is 31.6 Å². The first-order valence-corrected chi connectivity index (χ1v) is 14.7. The lowest BCUT2D eigenvalue weighted by Crippen LogP contribution is -2.59. The molecular weight excluding hydrogens is 604 g/mol. The zero-order valence-corrected chi connectivity index (χ0v) is 25.6. The Kier molecular flexibility index (Phi) is 18.6. The number of amides is 5. The summed E-state index contributed by atoms with van der Waals surface area (Å²) in [5, 5.41) is 30.4. The van der Waals surface area contributed by atoms with Crippen LogP contribution < -0.4 is 49.5 Å². The third-order valence-corrected chi connectivity index (χ3v) is 6.47. The van der Waals surface area contributed by atoms with Gasteiger partial charge in [0.2, 0.25) is 29.5 Å². The number of nitrogens with zero attached hydrogens (tertiary/aromatic N) is 1. The van der Waals surface area contributed by atoms with E-state index in [4.69, 9.17) is 28.0 Å². The molecule has 0 bridgehead atoms. The van der Waals surface area contributed by atoms with Crippen LogP contribution in [0.2, 0.25) is 0 Å². The summed E-state index contributed by atoms with van der Waals surface area (Å²) in [6.07, 6.45) is 1.50. The Balaban J connectivity index is 2.98. The maximum atomic E-state index is 13.4. The van der Waals surface area contributed by atoms with Crippen LogP contribution in [0.15, 0.2) is 35.3 Å². The predicted molar refractivity (Wildman–Crippen MR) is 167 cm³/mol. The summed E-state index contributed by atoms with van der Waals surface area (Å²) in [6.45, 7) is -1.55. The summed E-state index contributed by atoms with van der Waals surface area (Å²) in [7, 11) is 0. The molecule has 1 rings (SSSR count). The molecule has 0 unspecified atom stereocenters. The molecule has 1 aromatic rings. The predicted octanol–water partition coefficient (Wildman–Crippen LogP) is -4.50. The number of carbonyl (C=O) groups excluding carboxylic acids is 5. The molecule has 256 valence electrons. The van der Waals surface area contributed by atoms with Gasteiger partial charge in [-0.2, -0.15) is 0 Å². The summed E-state index contributed by atoms with van der Waals surface area (Å²) in [5.74, 6) is -5.28. The number of hydrogen-bond donors (Lipinski definition) is 11. The fourth-order valence-corrected chi connectivity index (χ4v) is 4.04. The molecule has 18 heteroatoms. The monoisotopic (exact) mass is 650 g/mol.